The van der Waals surface area contributed by atoms with Gasteiger partial charge in [0.1, 0.15) is 0 Å². The highest BCUT2D eigenvalue weighted by molar-refractivity contribution is 7.19. The number of rotatable bonds is 4. The monoisotopic (exact) mass is 402 g/mol. The maximum atomic E-state index is 11.1. The third-order valence-electron chi connectivity index (χ3n) is 4.83. The molecular formula is C18H22N6OS2. The summed E-state index contributed by atoms with van der Waals surface area (Å²) < 4.78 is 1.25. The molecule has 2 aromatic heterocycles. The first-order chi connectivity index (χ1) is 13.0. The Bertz CT molecular complexity index is 960. The Hall–Kier alpha value is -2.10. The van der Waals surface area contributed by atoms with E-state index in [9.17, 15) is 4.79 Å². The van der Waals surface area contributed by atoms with E-state index < -0.39 is 0 Å². The summed E-state index contributed by atoms with van der Waals surface area (Å²) in [5, 5.41) is 13.5. The molecule has 1 N–H and O–H groups in total. The number of nitrogens with zero attached hydrogens (tertiary/aromatic N) is 5. The molecule has 0 aliphatic carbocycles. The largest absolute Gasteiger partial charge is 0.344 e. The molecule has 1 unspecified atom stereocenters. The van der Waals surface area contributed by atoms with Gasteiger partial charge in [-0.15, -0.1) is 21.5 Å². The molecule has 1 fully saturated rings. The van der Waals surface area contributed by atoms with Crippen LogP contribution >= 0.6 is 22.7 Å². The molecule has 1 atom stereocenters. The summed E-state index contributed by atoms with van der Waals surface area (Å²) in [6, 6.07) is 6.98. The Kier molecular flexibility index (Phi) is 5.07. The SMILES string of the molecule is CC(=O)Nc1nnc(N2CCN(C(C)c3ccc4sc(C)nc4c3)CC2)s1. The van der Waals surface area contributed by atoms with Crippen LogP contribution in [0.5, 0.6) is 0 Å². The van der Waals surface area contributed by atoms with Gasteiger partial charge in [-0.25, -0.2) is 4.98 Å². The first kappa shape index (κ1) is 18.3. The van der Waals surface area contributed by atoms with Gasteiger partial charge in [-0.1, -0.05) is 17.4 Å². The van der Waals surface area contributed by atoms with Gasteiger partial charge < -0.3 is 10.2 Å². The van der Waals surface area contributed by atoms with Crippen molar-refractivity contribution in [2.45, 2.75) is 26.8 Å². The average molecular weight is 403 g/mol. The molecule has 1 amide bonds. The fourth-order valence-electron chi connectivity index (χ4n) is 3.38. The molecule has 1 aliphatic rings. The van der Waals surface area contributed by atoms with E-state index in [1.165, 1.54) is 28.5 Å². The second-order valence-electron chi connectivity index (χ2n) is 6.73. The number of aryl methyl sites for hydroxylation is 1. The van der Waals surface area contributed by atoms with Crippen LogP contribution in [0.4, 0.5) is 10.3 Å². The molecule has 1 aliphatic heterocycles. The smallest absolute Gasteiger partial charge is 0.223 e. The zero-order chi connectivity index (χ0) is 19.0. The van der Waals surface area contributed by atoms with Gasteiger partial charge in [0.25, 0.3) is 0 Å². The van der Waals surface area contributed by atoms with Crippen molar-refractivity contribution in [3.05, 3.63) is 28.8 Å². The Morgan fingerprint density at radius 2 is 1.96 bits per heavy atom. The zero-order valence-corrected chi connectivity index (χ0v) is 17.2. The first-order valence-electron chi connectivity index (χ1n) is 8.97. The summed E-state index contributed by atoms with van der Waals surface area (Å²) >= 11 is 3.17. The maximum absolute atomic E-state index is 11.1. The number of nitrogens with one attached hydrogen (secondary N) is 1. The molecule has 0 spiro atoms. The van der Waals surface area contributed by atoms with Crippen LogP contribution in [-0.4, -0.2) is 52.2 Å². The number of carbonyl (C=O) groups is 1. The van der Waals surface area contributed by atoms with E-state index in [-0.39, 0.29) is 5.91 Å². The fraction of sp³-hybridized carbons (Fsp3) is 0.444. The molecule has 1 aromatic carbocycles. The van der Waals surface area contributed by atoms with E-state index in [1.54, 1.807) is 11.3 Å². The van der Waals surface area contributed by atoms with Crippen molar-refractivity contribution < 1.29 is 4.79 Å². The number of thiazole rings is 1. The molecule has 7 nitrogen and oxygen atoms in total. The van der Waals surface area contributed by atoms with Gasteiger partial charge in [0.15, 0.2) is 0 Å². The Balaban J connectivity index is 1.40. The van der Waals surface area contributed by atoms with Crippen LogP contribution in [0.2, 0.25) is 0 Å². The lowest BCUT2D eigenvalue weighted by atomic mass is 10.1. The fourth-order valence-corrected chi connectivity index (χ4v) is 5.03. The third-order valence-corrected chi connectivity index (χ3v) is 6.68. The number of carbonyl (C=O) groups excluding carboxylic acids is 1. The van der Waals surface area contributed by atoms with Crippen LogP contribution in [0, 0.1) is 6.92 Å². The Labute approximate surface area is 166 Å². The summed E-state index contributed by atoms with van der Waals surface area (Å²) in [6.07, 6.45) is 0. The number of hydrogen-bond acceptors (Lipinski definition) is 8. The highest BCUT2D eigenvalue weighted by Gasteiger charge is 2.24. The van der Waals surface area contributed by atoms with Gasteiger partial charge in [-0.05, 0) is 31.5 Å². The van der Waals surface area contributed by atoms with Crippen LogP contribution in [0.3, 0.4) is 0 Å². The van der Waals surface area contributed by atoms with E-state index in [0.29, 0.717) is 11.2 Å². The van der Waals surface area contributed by atoms with Crippen molar-refractivity contribution in [2.24, 2.45) is 0 Å². The standard InChI is InChI=1S/C18H22N6OS2/c1-11(14-4-5-16-15(10-14)20-13(3)26-16)23-6-8-24(9-7-23)18-22-21-17(27-18)19-12(2)25/h4-5,10-11H,6-9H2,1-3H3,(H,19,21,25). The van der Waals surface area contributed by atoms with Gasteiger partial charge in [-0.3, -0.25) is 9.69 Å². The normalized spacial score (nSPS) is 16.6. The van der Waals surface area contributed by atoms with E-state index in [2.05, 4.69) is 62.3 Å². The lowest BCUT2D eigenvalue weighted by molar-refractivity contribution is -0.114. The summed E-state index contributed by atoms with van der Waals surface area (Å²) in [7, 11) is 0. The van der Waals surface area contributed by atoms with Gasteiger partial charge in [0.05, 0.1) is 15.2 Å². The highest BCUT2D eigenvalue weighted by Crippen LogP contribution is 2.30. The molecule has 9 heteroatoms. The predicted octanol–water partition coefficient (Wildman–Crippen LogP) is 3.30. The van der Waals surface area contributed by atoms with E-state index in [4.69, 9.17) is 0 Å². The van der Waals surface area contributed by atoms with Gasteiger partial charge in [0.2, 0.25) is 16.2 Å². The second kappa shape index (κ2) is 7.49. The van der Waals surface area contributed by atoms with Gasteiger partial charge in [0, 0.05) is 39.1 Å². The first-order valence-corrected chi connectivity index (χ1v) is 10.6. The maximum Gasteiger partial charge on any atom is 0.223 e. The number of fused-ring (bicyclic) bond motifs is 1. The van der Waals surface area contributed by atoms with Crippen LogP contribution in [0.25, 0.3) is 10.2 Å². The number of benzene rings is 1. The van der Waals surface area contributed by atoms with E-state index in [1.807, 2.05) is 0 Å². The topological polar surface area (TPSA) is 74.2 Å². The van der Waals surface area contributed by atoms with Crippen LogP contribution in [0.15, 0.2) is 18.2 Å². The van der Waals surface area contributed by atoms with Gasteiger partial charge >= 0.3 is 0 Å². The third kappa shape index (κ3) is 3.95. The van der Waals surface area contributed by atoms with Crippen molar-refractivity contribution >= 4 is 49.1 Å². The van der Waals surface area contributed by atoms with Crippen molar-refractivity contribution in [1.29, 1.82) is 0 Å². The highest BCUT2D eigenvalue weighted by atomic mass is 32.1. The van der Waals surface area contributed by atoms with Crippen molar-refractivity contribution in [3.63, 3.8) is 0 Å². The number of hydrogen-bond donors (Lipinski definition) is 1. The quantitative estimate of drug-likeness (QED) is 0.722. The van der Waals surface area contributed by atoms with Crippen molar-refractivity contribution in [3.8, 4) is 0 Å². The molecule has 142 valence electrons. The van der Waals surface area contributed by atoms with E-state index in [0.717, 1.165) is 41.8 Å². The molecular weight excluding hydrogens is 380 g/mol. The summed E-state index contributed by atoms with van der Waals surface area (Å²) in [6.45, 7) is 9.52. The molecule has 1 saturated heterocycles. The van der Waals surface area contributed by atoms with Crippen LogP contribution < -0.4 is 10.2 Å². The molecule has 3 aromatic rings. The number of amides is 1. The Morgan fingerprint density at radius 3 is 2.70 bits per heavy atom. The summed E-state index contributed by atoms with van der Waals surface area (Å²) in [5.74, 6) is -0.122. The van der Waals surface area contributed by atoms with Crippen molar-refractivity contribution in [1.82, 2.24) is 20.1 Å². The number of aromatic nitrogens is 3. The lowest BCUT2D eigenvalue weighted by Gasteiger charge is -2.37. The van der Waals surface area contributed by atoms with E-state index >= 15 is 0 Å². The predicted molar refractivity (Wildman–Crippen MR) is 111 cm³/mol. The number of piperazine rings is 1. The minimum absolute atomic E-state index is 0.122. The number of anilines is 2. The molecule has 3 heterocycles. The van der Waals surface area contributed by atoms with Crippen molar-refractivity contribution in [2.75, 3.05) is 36.4 Å². The molecule has 0 bridgehead atoms. The Morgan fingerprint density at radius 1 is 1.19 bits per heavy atom. The zero-order valence-electron chi connectivity index (χ0n) is 15.6. The summed E-state index contributed by atoms with van der Waals surface area (Å²) in [4.78, 5) is 20.5. The summed E-state index contributed by atoms with van der Waals surface area (Å²) in [5.41, 5.74) is 2.41. The lowest BCUT2D eigenvalue weighted by Crippen LogP contribution is -2.47. The molecule has 0 radical (unpaired) electrons. The van der Waals surface area contributed by atoms with Crippen LogP contribution in [-0.2, 0) is 4.79 Å². The molecule has 27 heavy (non-hydrogen) atoms. The molecule has 0 saturated carbocycles. The minimum Gasteiger partial charge on any atom is -0.344 e. The molecule has 4 rings (SSSR count). The van der Waals surface area contributed by atoms with Gasteiger partial charge in [-0.2, -0.15) is 0 Å². The average Bonchev–Trinajstić information content (AvgIpc) is 3.25. The minimum atomic E-state index is -0.122. The van der Waals surface area contributed by atoms with Crippen LogP contribution in [0.1, 0.15) is 30.5 Å². The second-order valence-corrected chi connectivity index (χ2v) is 8.92.